The number of aryl methyl sites for hydroxylation is 1. The number of hydrogen-bond donors (Lipinski definition) is 1. The van der Waals surface area contributed by atoms with Crippen molar-refractivity contribution in [1.82, 2.24) is 14.9 Å². The summed E-state index contributed by atoms with van der Waals surface area (Å²) in [6.07, 6.45) is 1.05. The van der Waals surface area contributed by atoms with Gasteiger partial charge in [0.2, 0.25) is 5.95 Å². The molecule has 6 nitrogen and oxygen atoms in total. The van der Waals surface area contributed by atoms with Crippen molar-refractivity contribution in [3.8, 4) is 0 Å². The number of anilines is 2. The van der Waals surface area contributed by atoms with Gasteiger partial charge >= 0.3 is 0 Å². The average Bonchev–Trinajstić information content (AvgIpc) is 2.68. The predicted molar refractivity (Wildman–Crippen MR) is 104 cm³/mol. The van der Waals surface area contributed by atoms with Crippen molar-refractivity contribution in [3.63, 3.8) is 0 Å². The Morgan fingerprint density at radius 2 is 1.88 bits per heavy atom. The Labute approximate surface area is 155 Å². The third kappa shape index (κ3) is 4.14. The molecule has 2 aliphatic heterocycles. The van der Waals surface area contributed by atoms with Gasteiger partial charge in [0.05, 0.1) is 13.2 Å². The first-order valence-corrected chi connectivity index (χ1v) is 9.49. The lowest BCUT2D eigenvalue weighted by Crippen LogP contribution is -2.39. The Balaban J connectivity index is 1.40. The van der Waals surface area contributed by atoms with Crippen LogP contribution in [0.1, 0.15) is 16.8 Å². The van der Waals surface area contributed by atoms with Gasteiger partial charge in [0.25, 0.3) is 0 Å². The van der Waals surface area contributed by atoms with Gasteiger partial charge in [0.15, 0.2) is 0 Å². The lowest BCUT2D eigenvalue weighted by molar-refractivity contribution is 0.0398. The van der Waals surface area contributed by atoms with Crippen LogP contribution in [0.4, 0.5) is 11.8 Å². The third-order valence-corrected chi connectivity index (χ3v) is 5.09. The molecular weight excluding hydrogens is 326 g/mol. The van der Waals surface area contributed by atoms with E-state index in [1.807, 2.05) is 13.0 Å². The van der Waals surface area contributed by atoms with Gasteiger partial charge in [-0.3, -0.25) is 4.90 Å². The first kappa shape index (κ1) is 17.2. The van der Waals surface area contributed by atoms with E-state index in [0.717, 1.165) is 76.4 Å². The van der Waals surface area contributed by atoms with E-state index in [1.165, 1.54) is 11.1 Å². The van der Waals surface area contributed by atoms with Crippen molar-refractivity contribution in [3.05, 3.63) is 47.2 Å². The van der Waals surface area contributed by atoms with E-state index in [4.69, 9.17) is 9.72 Å². The quantitative estimate of drug-likeness (QED) is 0.888. The molecule has 0 radical (unpaired) electrons. The van der Waals surface area contributed by atoms with Crippen LogP contribution in [0, 0.1) is 6.92 Å². The second kappa shape index (κ2) is 8.01. The average molecular weight is 353 g/mol. The van der Waals surface area contributed by atoms with Crippen molar-refractivity contribution >= 4 is 11.8 Å². The van der Waals surface area contributed by atoms with Gasteiger partial charge in [-0.2, -0.15) is 4.98 Å². The maximum Gasteiger partial charge on any atom is 0.227 e. The van der Waals surface area contributed by atoms with Crippen molar-refractivity contribution in [2.75, 3.05) is 56.2 Å². The fourth-order valence-corrected chi connectivity index (χ4v) is 3.62. The molecule has 0 atom stereocenters. The van der Waals surface area contributed by atoms with Crippen LogP contribution in [0.15, 0.2) is 30.3 Å². The van der Waals surface area contributed by atoms with E-state index < -0.39 is 0 Å². The summed E-state index contributed by atoms with van der Waals surface area (Å²) >= 11 is 0. The molecule has 1 N–H and O–H groups in total. The summed E-state index contributed by atoms with van der Waals surface area (Å²) in [6, 6.07) is 10.7. The zero-order chi connectivity index (χ0) is 17.8. The molecule has 0 saturated carbocycles. The van der Waals surface area contributed by atoms with Gasteiger partial charge in [-0.05, 0) is 24.5 Å². The van der Waals surface area contributed by atoms with E-state index in [9.17, 15) is 0 Å². The molecule has 4 rings (SSSR count). The molecule has 6 heteroatoms. The van der Waals surface area contributed by atoms with Gasteiger partial charge in [0, 0.05) is 51.0 Å². The highest BCUT2D eigenvalue weighted by Crippen LogP contribution is 2.23. The molecule has 2 aliphatic rings. The number of hydrogen-bond acceptors (Lipinski definition) is 6. The molecule has 2 aromatic rings. The minimum atomic E-state index is 0.827. The molecule has 3 heterocycles. The standard InChI is InChI=1S/C20H27N5O/c1-16-14-19(21-7-9-24-10-12-26-13-11-24)23-20(22-16)25-8-6-17-4-2-3-5-18(17)15-25/h2-5,14H,6-13,15H2,1H3,(H,21,22,23). The molecule has 1 saturated heterocycles. The molecular formula is C20H27N5O. The molecule has 138 valence electrons. The van der Waals surface area contributed by atoms with Crippen LogP contribution in [0.3, 0.4) is 0 Å². The first-order chi connectivity index (χ1) is 12.8. The van der Waals surface area contributed by atoms with Crippen LogP contribution in [0.2, 0.25) is 0 Å². The highest BCUT2D eigenvalue weighted by atomic mass is 16.5. The maximum atomic E-state index is 5.40. The Kier molecular flexibility index (Phi) is 5.32. The van der Waals surface area contributed by atoms with Crippen LogP contribution in [-0.4, -0.2) is 60.8 Å². The van der Waals surface area contributed by atoms with Crippen LogP contribution >= 0.6 is 0 Å². The Bertz CT molecular complexity index is 745. The zero-order valence-electron chi connectivity index (χ0n) is 15.4. The van der Waals surface area contributed by atoms with Gasteiger partial charge in [-0.15, -0.1) is 0 Å². The number of nitrogens with one attached hydrogen (secondary N) is 1. The van der Waals surface area contributed by atoms with E-state index in [1.54, 1.807) is 0 Å². The number of rotatable bonds is 5. The highest BCUT2D eigenvalue weighted by Gasteiger charge is 2.19. The molecule has 0 unspecified atom stereocenters. The Morgan fingerprint density at radius 1 is 1.08 bits per heavy atom. The summed E-state index contributed by atoms with van der Waals surface area (Å²) in [6.45, 7) is 9.50. The predicted octanol–water partition coefficient (Wildman–Crippen LogP) is 2.09. The van der Waals surface area contributed by atoms with Crippen molar-refractivity contribution < 1.29 is 4.74 Å². The van der Waals surface area contributed by atoms with Crippen molar-refractivity contribution in [2.45, 2.75) is 19.9 Å². The molecule has 26 heavy (non-hydrogen) atoms. The van der Waals surface area contributed by atoms with E-state index >= 15 is 0 Å². The van der Waals surface area contributed by atoms with E-state index in [2.05, 4.69) is 44.4 Å². The Hall–Kier alpha value is -2.18. The molecule has 0 aliphatic carbocycles. The fourth-order valence-electron chi connectivity index (χ4n) is 3.62. The lowest BCUT2D eigenvalue weighted by Gasteiger charge is -2.29. The summed E-state index contributed by atoms with van der Waals surface area (Å²) in [5.74, 6) is 1.74. The summed E-state index contributed by atoms with van der Waals surface area (Å²) < 4.78 is 5.40. The van der Waals surface area contributed by atoms with Crippen molar-refractivity contribution in [1.29, 1.82) is 0 Å². The number of aromatic nitrogens is 2. The van der Waals surface area contributed by atoms with Gasteiger partial charge in [0.1, 0.15) is 5.82 Å². The van der Waals surface area contributed by atoms with E-state index in [-0.39, 0.29) is 0 Å². The first-order valence-electron chi connectivity index (χ1n) is 9.49. The van der Waals surface area contributed by atoms with Crippen LogP contribution in [0.25, 0.3) is 0 Å². The monoisotopic (exact) mass is 353 g/mol. The minimum Gasteiger partial charge on any atom is -0.379 e. The van der Waals surface area contributed by atoms with Gasteiger partial charge in [-0.25, -0.2) is 4.98 Å². The molecule has 0 bridgehead atoms. The summed E-state index contributed by atoms with van der Waals surface area (Å²) in [7, 11) is 0. The van der Waals surface area contributed by atoms with Gasteiger partial charge < -0.3 is 15.0 Å². The van der Waals surface area contributed by atoms with E-state index in [0.29, 0.717) is 0 Å². The number of nitrogens with zero attached hydrogens (tertiary/aromatic N) is 4. The van der Waals surface area contributed by atoms with Crippen LogP contribution in [-0.2, 0) is 17.7 Å². The largest absolute Gasteiger partial charge is 0.379 e. The summed E-state index contributed by atoms with van der Waals surface area (Å²) in [5.41, 5.74) is 3.83. The number of benzene rings is 1. The second-order valence-corrected chi connectivity index (χ2v) is 7.02. The highest BCUT2D eigenvalue weighted by molar-refractivity contribution is 5.46. The van der Waals surface area contributed by atoms with Crippen LogP contribution in [0.5, 0.6) is 0 Å². The lowest BCUT2D eigenvalue weighted by atomic mass is 10.0. The molecule has 0 amide bonds. The summed E-state index contributed by atoms with van der Waals surface area (Å²) in [5, 5.41) is 3.47. The number of fused-ring (bicyclic) bond motifs is 1. The minimum absolute atomic E-state index is 0.827. The topological polar surface area (TPSA) is 53.5 Å². The Morgan fingerprint density at radius 3 is 2.73 bits per heavy atom. The number of ether oxygens (including phenoxy) is 1. The molecule has 1 aromatic heterocycles. The summed E-state index contributed by atoms with van der Waals surface area (Å²) in [4.78, 5) is 14.2. The fraction of sp³-hybridized carbons (Fsp3) is 0.500. The van der Waals surface area contributed by atoms with Gasteiger partial charge in [-0.1, -0.05) is 24.3 Å². The number of morpholine rings is 1. The second-order valence-electron chi connectivity index (χ2n) is 7.02. The normalized spacial score (nSPS) is 17.8. The molecule has 0 spiro atoms. The third-order valence-electron chi connectivity index (χ3n) is 5.09. The molecule has 1 aromatic carbocycles. The SMILES string of the molecule is Cc1cc(NCCN2CCOCC2)nc(N2CCc3ccccc3C2)n1. The smallest absolute Gasteiger partial charge is 0.227 e. The van der Waals surface area contributed by atoms with Crippen molar-refractivity contribution in [2.24, 2.45) is 0 Å². The maximum absolute atomic E-state index is 5.40. The van der Waals surface area contributed by atoms with Crippen LogP contribution < -0.4 is 10.2 Å². The zero-order valence-corrected chi connectivity index (χ0v) is 15.4. The molecule has 1 fully saturated rings.